The molecule has 1 unspecified atom stereocenters. The average Bonchev–Trinajstić information content (AvgIpc) is 1.62. The van der Waals surface area contributed by atoms with Crippen molar-refractivity contribution in [2.24, 2.45) is 5.73 Å². The molecule has 7 heteroatoms. The summed E-state index contributed by atoms with van der Waals surface area (Å²) >= 11 is 0. The molecule has 0 aliphatic heterocycles. The van der Waals surface area contributed by atoms with E-state index >= 15 is 0 Å². The van der Waals surface area contributed by atoms with Gasteiger partial charge in [0.05, 0.1) is 6.23 Å². The van der Waals surface area contributed by atoms with Gasteiger partial charge in [0.25, 0.3) is 0 Å². The Kier molecular flexibility index (Phi) is 7.23. The molecular weight excluding hydrogens is 340 g/mol. The zero-order valence-corrected chi connectivity index (χ0v) is 8.21. The second-order valence-corrected chi connectivity index (χ2v) is 2.62. The molecule has 0 bridgehead atoms. The van der Waals surface area contributed by atoms with Gasteiger partial charge in [-0.3, -0.25) is 4.52 Å². The monoisotopic (exact) mass is 349 g/mol. The quantitative estimate of drug-likeness (QED) is 0.366. The van der Waals surface area contributed by atoms with Crippen LogP contribution in [0.25, 0.3) is 0 Å². The molecule has 0 radical (unpaired) electrons. The van der Waals surface area contributed by atoms with Gasteiger partial charge in [-0.05, 0) is 0 Å². The standard InChI is InChI=1S/C3H9NO4P.Pt/c1-2-3(4)8-9(5,6)7;/h3H,1-2,4H2,(H2,5,6,7);/q-1;. The Labute approximate surface area is 73.4 Å². The van der Waals surface area contributed by atoms with Gasteiger partial charge in [0.1, 0.15) is 0 Å². The topological polar surface area (TPSA) is 92.8 Å². The van der Waals surface area contributed by atoms with E-state index in [1.165, 1.54) is 0 Å². The summed E-state index contributed by atoms with van der Waals surface area (Å²) in [6.45, 7) is 3.28. The third-order valence-corrected chi connectivity index (χ3v) is 1.10. The van der Waals surface area contributed by atoms with Crippen LogP contribution in [-0.4, -0.2) is 16.0 Å². The molecule has 0 aliphatic rings. The van der Waals surface area contributed by atoms with Crippen LogP contribution in [0.1, 0.15) is 6.42 Å². The van der Waals surface area contributed by atoms with E-state index < -0.39 is 14.1 Å². The first-order valence-electron chi connectivity index (χ1n) is 2.24. The third-order valence-electron chi connectivity index (χ3n) is 0.557. The van der Waals surface area contributed by atoms with E-state index in [9.17, 15) is 4.57 Å². The molecule has 4 N–H and O–H groups in total. The number of phosphoric ester groups is 1. The molecule has 0 saturated heterocycles. The summed E-state index contributed by atoms with van der Waals surface area (Å²) in [7, 11) is -4.40. The van der Waals surface area contributed by atoms with E-state index in [-0.39, 0.29) is 27.5 Å². The maximum atomic E-state index is 9.96. The van der Waals surface area contributed by atoms with Crippen LogP contribution < -0.4 is 5.73 Å². The SMILES string of the molecule is [CH2-]CC(N)OP(=O)(O)O.[Pt]. The van der Waals surface area contributed by atoms with Crippen LogP contribution in [0.2, 0.25) is 0 Å². The van der Waals surface area contributed by atoms with Crippen LogP contribution in [0.3, 0.4) is 0 Å². The van der Waals surface area contributed by atoms with Crippen LogP contribution in [0.15, 0.2) is 0 Å². The van der Waals surface area contributed by atoms with Gasteiger partial charge in [-0.15, -0.1) is 6.42 Å². The Morgan fingerprint density at radius 3 is 2.20 bits per heavy atom. The fourth-order valence-electron chi connectivity index (χ4n) is 0.229. The first-order valence-corrected chi connectivity index (χ1v) is 3.77. The molecule has 0 aromatic heterocycles. The molecule has 5 nitrogen and oxygen atoms in total. The fourth-order valence-corrected chi connectivity index (χ4v) is 0.687. The summed E-state index contributed by atoms with van der Waals surface area (Å²) in [5.74, 6) is 0. The van der Waals surface area contributed by atoms with E-state index in [1.807, 2.05) is 0 Å². The van der Waals surface area contributed by atoms with Crippen molar-refractivity contribution in [3.8, 4) is 0 Å². The van der Waals surface area contributed by atoms with Crippen molar-refractivity contribution in [3.63, 3.8) is 0 Å². The summed E-state index contributed by atoms with van der Waals surface area (Å²) in [6, 6.07) is 0. The van der Waals surface area contributed by atoms with E-state index in [2.05, 4.69) is 11.4 Å². The largest absolute Gasteiger partial charge is 0.471 e. The van der Waals surface area contributed by atoms with E-state index in [0.29, 0.717) is 0 Å². The molecule has 0 saturated carbocycles. The van der Waals surface area contributed by atoms with Gasteiger partial charge in [-0.25, -0.2) is 4.57 Å². The third kappa shape index (κ3) is 8.76. The first kappa shape index (κ1) is 13.4. The van der Waals surface area contributed by atoms with Gasteiger partial charge in [0.15, 0.2) is 0 Å². The van der Waals surface area contributed by atoms with Crippen molar-refractivity contribution >= 4 is 7.82 Å². The second kappa shape index (κ2) is 5.41. The molecule has 0 spiro atoms. The number of nitrogens with two attached hydrogens (primary N) is 1. The molecule has 0 aromatic carbocycles. The molecule has 0 fully saturated rings. The molecule has 66 valence electrons. The minimum absolute atomic E-state index is 0. The molecular formula is C3H9NO4PPt-. The minimum Gasteiger partial charge on any atom is -0.340 e. The van der Waals surface area contributed by atoms with Crippen LogP contribution in [0.4, 0.5) is 0 Å². The normalized spacial score (nSPS) is 14.0. The molecule has 0 aliphatic carbocycles. The van der Waals surface area contributed by atoms with E-state index in [1.54, 1.807) is 0 Å². The Morgan fingerprint density at radius 2 is 2.10 bits per heavy atom. The smallest absolute Gasteiger partial charge is 0.340 e. The Morgan fingerprint density at radius 1 is 1.70 bits per heavy atom. The van der Waals surface area contributed by atoms with Gasteiger partial charge < -0.3 is 22.4 Å². The number of hydrogen-bond donors (Lipinski definition) is 3. The molecule has 10 heavy (non-hydrogen) atoms. The van der Waals surface area contributed by atoms with Crippen molar-refractivity contribution in [2.75, 3.05) is 0 Å². The Hall–Kier alpha value is 0.758. The van der Waals surface area contributed by atoms with Crippen molar-refractivity contribution in [1.82, 2.24) is 0 Å². The molecule has 0 amide bonds. The second-order valence-electron chi connectivity index (χ2n) is 1.42. The van der Waals surface area contributed by atoms with Crippen LogP contribution in [-0.2, 0) is 30.2 Å². The zero-order valence-electron chi connectivity index (χ0n) is 5.04. The summed E-state index contributed by atoms with van der Waals surface area (Å²) < 4.78 is 13.9. The first-order chi connectivity index (χ1) is 3.95. The predicted molar refractivity (Wildman–Crippen MR) is 31.1 cm³/mol. The summed E-state index contributed by atoms with van der Waals surface area (Å²) in [5.41, 5.74) is 4.98. The number of hydrogen-bond acceptors (Lipinski definition) is 3. The predicted octanol–water partition coefficient (Wildman–Crippen LogP) is -0.398. The maximum absolute atomic E-state index is 9.96. The summed E-state index contributed by atoms with van der Waals surface area (Å²) in [6.07, 6.45) is -0.851. The number of rotatable bonds is 3. The van der Waals surface area contributed by atoms with Crippen LogP contribution >= 0.6 is 7.82 Å². The van der Waals surface area contributed by atoms with Crippen molar-refractivity contribution in [2.45, 2.75) is 12.6 Å². The summed E-state index contributed by atoms with van der Waals surface area (Å²) in [5, 5.41) is 0. The molecule has 0 heterocycles. The van der Waals surface area contributed by atoms with Crippen LogP contribution in [0.5, 0.6) is 0 Å². The Bertz CT molecular complexity index is 126. The van der Waals surface area contributed by atoms with Crippen molar-refractivity contribution < 1.29 is 39.9 Å². The molecule has 0 aromatic rings. The van der Waals surface area contributed by atoms with Gasteiger partial charge >= 0.3 is 7.82 Å². The zero-order chi connectivity index (χ0) is 7.49. The van der Waals surface area contributed by atoms with Gasteiger partial charge in [-0.2, -0.15) is 0 Å². The fraction of sp³-hybridized carbons (Fsp3) is 0.667. The van der Waals surface area contributed by atoms with Crippen molar-refractivity contribution in [3.05, 3.63) is 6.92 Å². The maximum Gasteiger partial charge on any atom is 0.471 e. The van der Waals surface area contributed by atoms with Crippen molar-refractivity contribution in [1.29, 1.82) is 0 Å². The number of phosphoric acid groups is 1. The Balaban J connectivity index is 0. The van der Waals surface area contributed by atoms with Gasteiger partial charge in [0, 0.05) is 21.1 Å². The van der Waals surface area contributed by atoms with E-state index in [0.717, 1.165) is 0 Å². The van der Waals surface area contributed by atoms with E-state index in [4.69, 9.17) is 15.5 Å². The average molecular weight is 349 g/mol. The van der Waals surface area contributed by atoms with Gasteiger partial charge in [0.2, 0.25) is 0 Å². The minimum atomic E-state index is -4.40. The summed E-state index contributed by atoms with van der Waals surface area (Å²) in [4.78, 5) is 16.2. The molecule has 1 atom stereocenters. The van der Waals surface area contributed by atoms with Crippen LogP contribution in [0, 0.1) is 6.92 Å². The van der Waals surface area contributed by atoms with Gasteiger partial charge in [-0.1, -0.05) is 0 Å². The molecule has 0 rings (SSSR count).